The van der Waals surface area contributed by atoms with E-state index in [1.807, 2.05) is 31.0 Å². The minimum Gasteiger partial charge on any atom is -0.756 e. The van der Waals surface area contributed by atoms with Gasteiger partial charge in [0.1, 0.15) is 46.9 Å². The van der Waals surface area contributed by atoms with Gasteiger partial charge in [-0.3, -0.25) is 37.6 Å². The molecule has 1 saturated heterocycles. The minimum absolute atomic E-state index is 0.0968. The monoisotopic (exact) mass is 1720 g/mol. The molecular formula is C75H111N5O32P3S-3. The summed E-state index contributed by atoms with van der Waals surface area (Å²) in [4.78, 5) is 96.4. The lowest BCUT2D eigenvalue weighted by Crippen LogP contribution is -2.34. The second kappa shape index (κ2) is 51.8. The number of aromatic amines is 1. The Kier molecular flexibility index (Phi) is 44.2. The summed E-state index contributed by atoms with van der Waals surface area (Å²) in [5.74, 6) is 4.68. The zero-order chi connectivity index (χ0) is 84.5. The fourth-order valence-electron chi connectivity index (χ4n) is 12.2. The fourth-order valence-corrected chi connectivity index (χ4v) is 15.6. The number of ketones is 1. The Bertz CT molecular complexity index is 4140. The number of amides is 1. The molecule has 1 aromatic heterocycles. The third-order valence-electron chi connectivity index (χ3n) is 17.9. The Hall–Kier alpha value is -5.77. The quantitative estimate of drug-likeness (QED) is 0.0157. The number of benzene rings is 2. The van der Waals surface area contributed by atoms with E-state index >= 15 is 0 Å². The maximum absolute atomic E-state index is 12.8. The Labute approximate surface area is 676 Å². The van der Waals surface area contributed by atoms with Crippen LogP contribution in [0.4, 0.5) is 11.4 Å². The standard InChI is InChI=1S/C75H114N5O32P3S/c1-7-78-64-23-21-58(2)52-62(64)74(3,4)68(78)19-11-8-12-20-69-75(5,6)63-53-61(116(93,94)95)22-24-65(63)79(69)26-13-9-10-17-60(81)18-15-27-96-28-29-97-30-31-98-32-33-99-34-35-100-36-37-101-38-39-102-40-41-103-42-43-104-44-45-105-46-47-106-48-49-107-50-51-108-57-70(83)76-25-14-16-59-55-80(73(85)77-72(59)84)71-54-66(82)67(110-71)56-109-114(89,90)112-115(91,92)111-113(86,87)88/h8,11-12,19-24,52-53,55,66-67,71,82H,7,9-10,13,15,17-18,25-51,54,56-57H2,1-6H3,(H6-,76,77,83,84,85,86,87,88,89,90,91,92,93,94,95)/p-3. The van der Waals surface area contributed by atoms with Crippen molar-refractivity contribution in [1.82, 2.24) is 14.9 Å². The van der Waals surface area contributed by atoms with Gasteiger partial charge in [0.15, 0.2) is 5.71 Å². The molecule has 6 rings (SSSR count). The number of rotatable bonds is 62. The van der Waals surface area contributed by atoms with Crippen LogP contribution in [-0.4, -0.2) is 265 Å². The van der Waals surface area contributed by atoms with Crippen LogP contribution in [0, 0.1) is 18.8 Å². The van der Waals surface area contributed by atoms with Crippen molar-refractivity contribution >= 4 is 62.4 Å². The van der Waals surface area contributed by atoms with Crippen LogP contribution in [0.5, 0.6) is 0 Å². The SMILES string of the molecule is CCN1C(=CC=CC=CC2=[N+](CCCCCC(=O)CCCOCCOCCOCCOCCOCCOCCOCCOCCOCCOCCOCCOCCOCC(=O)NCC#Cc3cn(C4CC(O)C(COP(=O)([O-])OP(=O)([O-])OP(=O)([O-])O)O4)c(=O)[nH]c3=O)c3ccc(S(=O)(=O)[O-])cc3C2(C)C)C(C)(C)c2cc(C)ccc21. The van der Waals surface area contributed by atoms with E-state index in [1.54, 1.807) is 6.07 Å². The van der Waals surface area contributed by atoms with E-state index in [0.29, 0.717) is 171 Å². The van der Waals surface area contributed by atoms with Crippen LogP contribution in [-0.2, 0) is 124 Å². The lowest BCUT2D eigenvalue weighted by Gasteiger charge is -2.33. The molecular weight excluding hydrogens is 1610 g/mol. The summed E-state index contributed by atoms with van der Waals surface area (Å²) in [7, 11) is -22.7. The highest BCUT2D eigenvalue weighted by Crippen LogP contribution is 2.61. The third kappa shape index (κ3) is 36.3. The summed E-state index contributed by atoms with van der Waals surface area (Å²) in [6.07, 6.45) is 10.6. The van der Waals surface area contributed by atoms with E-state index in [0.717, 1.165) is 53.5 Å². The minimum atomic E-state index is -6.17. The molecule has 1 amide bonds. The lowest BCUT2D eigenvalue weighted by molar-refractivity contribution is -0.438. The average molecular weight is 1720 g/mol. The highest BCUT2D eigenvalue weighted by molar-refractivity contribution is 7.85. The number of hydrogen-bond acceptors (Lipinski definition) is 32. The normalized spacial score (nSPS) is 18.4. The van der Waals surface area contributed by atoms with Gasteiger partial charge in [-0.2, -0.15) is 4.58 Å². The van der Waals surface area contributed by atoms with Crippen LogP contribution in [0.2, 0.25) is 0 Å². The smallest absolute Gasteiger partial charge is 0.330 e. The predicted molar refractivity (Wildman–Crippen MR) is 413 cm³/mol. The van der Waals surface area contributed by atoms with Gasteiger partial charge in [-0.05, 0) is 76.8 Å². The zero-order valence-electron chi connectivity index (χ0n) is 66.6. The topological polar surface area (TPSA) is 482 Å². The van der Waals surface area contributed by atoms with Crippen molar-refractivity contribution in [2.45, 2.75) is 121 Å². The number of phosphoric ester groups is 1. The molecule has 1 fully saturated rings. The molecule has 0 bridgehead atoms. The Morgan fingerprint density at radius 3 is 1.70 bits per heavy atom. The van der Waals surface area contributed by atoms with Crippen molar-refractivity contribution in [2.75, 3.05) is 203 Å². The first-order chi connectivity index (χ1) is 55.3. The molecule has 41 heteroatoms. The second-order valence-electron chi connectivity index (χ2n) is 27.4. The molecule has 0 spiro atoms. The van der Waals surface area contributed by atoms with Gasteiger partial charge < -0.3 is 110 Å². The number of anilines is 1. The van der Waals surface area contributed by atoms with E-state index < -0.39 is 81.2 Å². The van der Waals surface area contributed by atoms with Crippen molar-refractivity contribution in [2.24, 2.45) is 0 Å². The zero-order valence-corrected chi connectivity index (χ0v) is 70.1. The number of allylic oxidation sites excluding steroid dienone is 6. The highest BCUT2D eigenvalue weighted by Gasteiger charge is 2.45. The Morgan fingerprint density at radius 2 is 1.18 bits per heavy atom. The van der Waals surface area contributed by atoms with Gasteiger partial charge in [-0.25, -0.2) is 21.8 Å². The molecule has 4 N–H and O–H groups in total. The number of aliphatic hydroxyl groups excluding tert-OH is 1. The van der Waals surface area contributed by atoms with Crippen molar-refractivity contribution in [3.05, 3.63) is 122 Å². The molecule has 3 aliphatic rings. The molecule has 2 aromatic carbocycles. The van der Waals surface area contributed by atoms with Crippen LogP contribution in [0.1, 0.15) is 108 Å². The van der Waals surface area contributed by atoms with Gasteiger partial charge in [-0.15, -0.1) is 0 Å². The van der Waals surface area contributed by atoms with E-state index in [9.17, 15) is 65.6 Å². The number of H-pyrrole nitrogens is 1. The summed E-state index contributed by atoms with van der Waals surface area (Å²) < 4.78 is 161. The number of Topliss-reactive ketones (excluding diaryl/α,β-unsaturated/α-hetero) is 1. The number of carbonyl (C=O) groups is 2. The number of aliphatic hydroxyl groups is 1. The number of nitrogens with one attached hydrogen (secondary N) is 2. The molecule has 6 atom stereocenters. The number of nitrogens with zero attached hydrogens (tertiary/aromatic N) is 3. The van der Waals surface area contributed by atoms with Gasteiger partial charge in [0, 0.05) is 79.5 Å². The first kappa shape index (κ1) is 99.0. The number of fused-ring (bicyclic) bond motifs is 2. The summed E-state index contributed by atoms with van der Waals surface area (Å²) in [6, 6.07) is 11.3. The summed E-state index contributed by atoms with van der Waals surface area (Å²) in [5, 5.41) is 12.8. The lowest BCUT2D eigenvalue weighted by atomic mass is 9.81. The second-order valence-corrected chi connectivity index (χ2v) is 33.0. The van der Waals surface area contributed by atoms with E-state index in [1.165, 1.54) is 34.6 Å². The third-order valence-corrected chi connectivity index (χ3v) is 22.4. The van der Waals surface area contributed by atoms with Crippen molar-refractivity contribution < 1.29 is 145 Å². The molecule has 3 aliphatic heterocycles. The average Bonchev–Trinajstić information content (AvgIpc) is 1.60. The van der Waals surface area contributed by atoms with Crippen molar-refractivity contribution in [3.8, 4) is 11.8 Å². The Morgan fingerprint density at radius 1 is 0.664 bits per heavy atom. The number of phosphoric acid groups is 3. The molecule has 37 nitrogen and oxygen atoms in total. The van der Waals surface area contributed by atoms with Gasteiger partial charge in [0.2, 0.25) is 11.6 Å². The van der Waals surface area contributed by atoms with Gasteiger partial charge in [0.05, 0.1) is 188 Å². The molecule has 116 heavy (non-hydrogen) atoms. The first-order valence-corrected chi connectivity index (χ1v) is 44.1. The number of aryl methyl sites for hydroxylation is 1. The van der Waals surface area contributed by atoms with Gasteiger partial charge in [0.25, 0.3) is 29.0 Å². The van der Waals surface area contributed by atoms with Crippen LogP contribution in [0.25, 0.3) is 0 Å². The van der Waals surface area contributed by atoms with E-state index in [-0.39, 0.29) is 61.1 Å². The number of likely N-dealkylation sites (N-methyl/N-ethyl adjacent to an activating group) is 1. The van der Waals surface area contributed by atoms with Crippen LogP contribution in [0.15, 0.2) is 93.2 Å². The number of hydrogen-bond donors (Lipinski definition) is 4. The molecule has 0 aliphatic carbocycles. The number of unbranched alkanes of at least 4 members (excludes halogenated alkanes) is 2. The maximum atomic E-state index is 12.8. The Balaban J connectivity index is 0.636. The number of carbonyl (C=O) groups excluding carboxylic acids is 2. The van der Waals surface area contributed by atoms with Crippen LogP contribution < -0.4 is 36.1 Å². The molecule has 0 saturated carbocycles. The largest absolute Gasteiger partial charge is 0.756 e. The molecule has 6 unspecified atom stereocenters. The highest BCUT2D eigenvalue weighted by atomic mass is 32.2. The molecule has 4 heterocycles. The van der Waals surface area contributed by atoms with Crippen molar-refractivity contribution in [1.29, 1.82) is 0 Å². The first-order valence-electron chi connectivity index (χ1n) is 38.2. The summed E-state index contributed by atoms with van der Waals surface area (Å²) >= 11 is 0. The van der Waals surface area contributed by atoms with Crippen LogP contribution >= 0.6 is 23.5 Å². The number of aromatic nitrogens is 2. The van der Waals surface area contributed by atoms with E-state index in [2.05, 4.69) is 104 Å². The van der Waals surface area contributed by atoms with Gasteiger partial charge in [-0.1, -0.05) is 61.6 Å². The summed E-state index contributed by atoms with van der Waals surface area (Å²) in [5.41, 5.74) is 4.77. The molecule has 652 valence electrons. The molecule has 0 radical (unpaired) electrons. The maximum Gasteiger partial charge on any atom is 0.330 e. The van der Waals surface area contributed by atoms with E-state index in [4.69, 9.17) is 71.2 Å². The summed E-state index contributed by atoms with van der Waals surface area (Å²) in [6.45, 7) is 22.3. The van der Waals surface area contributed by atoms with Crippen LogP contribution in [0.3, 0.4) is 0 Å². The number of ether oxygens (including phenoxy) is 14. The van der Waals surface area contributed by atoms with Gasteiger partial charge >= 0.3 is 5.69 Å². The van der Waals surface area contributed by atoms with Crippen molar-refractivity contribution in [3.63, 3.8) is 0 Å². The predicted octanol–water partition coefficient (Wildman–Crippen LogP) is 3.33. The fraction of sp³-hybridized carbons (Fsp3) is 0.640. The molecule has 3 aromatic rings.